The highest BCUT2D eigenvalue weighted by atomic mass is 79.9. The summed E-state index contributed by atoms with van der Waals surface area (Å²) in [7, 11) is 0. The van der Waals surface area contributed by atoms with Gasteiger partial charge < -0.3 is 0 Å². The van der Waals surface area contributed by atoms with Crippen LogP contribution >= 0.6 is 54.8 Å². The zero-order chi connectivity index (χ0) is 12.4. The zero-order valence-electron chi connectivity index (χ0n) is 8.54. The summed E-state index contributed by atoms with van der Waals surface area (Å²) < 4.78 is 1.74. The number of ketones is 1. The minimum Gasteiger partial charge on any atom is -0.293 e. The number of halogens is 3. The van der Waals surface area contributed by atoms with Crippen molar-refractivity contribution >= 4 is 60.6 Å². The van der Waals surface area contributed by atoms with Gasteiger partial charge >= 0.3 is 0 Å². The first-order chi connectivity index (χ1) is 8.08. The lowest BCUT2D eigenvalue weighted by atomic mass is 10.1. The summed E-state index contributed by atoms with van der Waals surface area (Å²) >= 11 is 14.1. The molecule has 2 rings (SSSR count). The third-order valence-electron chi connectivity index (χ3n) is 2.20. The van der Waals surface area contributed by atoms with E-state index >= 15 is 0 Å². The first-order valence-electron chi connectivity index (χ1n) is 4.78. The summed E-state index contributed by atoms with van der Waals surface area (Å²) in [5.41, 5.74) is 0.930. The first-order valence-corrected chi connectivity index (χ1v) is 7.62. The Kier molecular flexibility index (Phi) is 4.42. The van der Waals surface area contributed by atoms with Crippen LogP contribution in [-0.2, 0) is 6.42 Å². The van der Waals surface area contributed by atoms with Crippen LogP contribution < -0.4 is 0 Å². The van der Waals surface area contributed by atoms with Crippen molar-refractivity contribution in [2.75, 3.05) is 0 Å². The molecule has 0 fully saturated rings. The molecule has 0 atom stereocenters. The fourth-order valence-corrected chi connectivity index (χ4v) is 3.77. The molecule has 0 bridgehead atoms. The molecule has 2 aromatic rings. The van der Waals surface area contributed by atoms with Gasteiger partial charge in [0.25, 0.3) is 0 Å². The Morgan fingerprint density at radius 1 is 1.35 bits per heavy atom. The van der Waals surface area contributed by atoms with Crippen molar-refractivity contribution in [3.05, 3.63) is 54.1 Å². The standard InChI is InChI=1S/C12H7Br2ClOS/c13-9-6-17-12(11(9)14)10(16)5-7-2-1-3-8(15)4-7/h1-4,6H,5H2. The van der Waals surface area contributed by atoms with E-state index in [-0.39, 0.29) is 5.78 Å². The molecule has 0 saturated heterocycles. The lowest BCUT2D eigenvalue weighted by Gasteiger charge is -2.00. The van der Waals surface area contributed by atoms with Crippen LogP contribution in [-0.4, -0.2) is 5.78 Å². The van der Waals surface area contributed by atoms with Crippen molar-refractivity contribution in [2.45, 2.75) is 6.42 Å². The Hall–Kier alpha value is -0.160. The van der Waals surface area contributed by atoms with Crippen LogP contribution in [0.1, 0.15) is 15.2 Å². The van der Waals surface area contributed by atoms with E-state index in [0.29, 0.717) is 11.4 Å². The highest BCUT2D eigenvalue weighted by molar-refractivity contribution is 9.13. The summed E-state index contributed by atoms with van der Waals surface area (Å²) in [4.78, 5) is 12.8. The second-order valence-corrected chi connectivity index (χ2v) is 6.42. The number of rotatable bonds is 3. The fraction of sp³-hybridized carbons (Fsp3) is 0.0833. The van der Waals surface area contributed by atoms with Crippen LogP contribution in [0.4, 0.5) is 0 Å². The van der Waals surface area contributed by atoms with E-state index in [4.69, 9.17) is 11.6 Å². The maximum atomic E-state index is 12.1. The maximum Gasteiger partial charge on any atom is 0.178 e. The van der Waals surface area contributed by atoms with E-state index < -0.39 is 0 Å². The highest BCUT2D eigenvalue weighted by Crippen LogP contribution is 2.33. The molecule has 17 heavy (non-hydrogen) atoms. The largest absolute Gasteiger partial charge is 0.293 e. The van der Waals surface area contributed by atoms with E-state index in [0.717, 1.165) is 19.4 Å². The molecule has 0 saturated carbocycles. The highest BCUT2D eigenvalue weighted by Gasteiger charge is 2.15. The summed E-state index contributed by atoms with van der Waals surface area (Å²) in [6, 6.07) is 7.37. The van der Waals surface area contributed by atoms with E-state index in [9.17, 15) is 4.79 Å². The Labute approximate surface area is 125 Å². The van der Waals surface area contributed by atoms with Gasteiger partial charge in [-0.25, -0.2) is 0 Å². The Morgan fingerprint density at radius 3 is 2.71 bits per heavy atom. The lowest BCUT2D eigenvalue weighted by molar-refractivity contribution is 0.0996. The summed E-state index contributed by atoms with van der Waals surface area (Å²) in [5.74, 6) is 0.0924. The molecule has 0 aliphatic carbocycles. The van der Waals surface area contributed by atoms with Crippen LogP contribution in [0.15, 0.2) is 38.6 Å². The van der Waals surface area contributed by atoms with E-state index in [1.165, 1.54) is 11.3 Å². The van der Waals surface area contributed by atoms with Gasteiger partial charge in [0.2, 0.25) is 0 Å². The predicted molar refractivity (Wildman–Crippen MR) is 79.2 cm³/mol. The third-order valence-corrected chi connectivity index (χ3v) is 6.00. The second kappa shape index (κ2) is 5.65. The van der Waals surface area contributed by atoms with E-state index in [2.05, 4.69) is 31.9 Å². The van der Waals surface area contributed by atoms with Gasteiger partial charge in [0.05, 0.1) is 9.35 Å². The van der Waals surface area contributed by atoms with Crippen LogP contribution in [0.25, 0.3) is 0 Å². The molecule has 0 spiro atoms. The molecule has 0 unspecified atom stereocenters. The number of hydrogen-bond acceptors (Lipinski definition) is 2. The van der Waals surface area contributed by atoms with Gasteiger partial charge in [-0.3, -0.25) is 4.79 Å². The molecule has 1 heterocycles. The minimum absolute atomic E-state index is 0.0924. The normalized spacial score (nSPS) is 10.5. The molecule has 1 nitrogen and oxygen atoms in total. The number of carbonyl (C=O) groups excluding carboxylic acids is 1. The molecule has 0 radical (unpaired) electrons. The lowest BCUT2D eigenvalue weighted by Crippen LogP contribution is -2.01. The number of hydrogen-bond donors (Lipinski definition) is 0. The molecule has 1 aromatic heterocycles. The molecular weight excluding hydrogens is 387 g/mol. The predicted octanol–water partition coefficient (Wildman–Crippen LogP) is 5.35. The average Bonchev–Trinajstić information content (AvgIpc) is 2.60. The zero-order valence-corrected chi connectivity index (χ0v) is 13.3. The summed E-state index contributed by atoms with van der Waals surface area (Å²) in [6.45, 7) is 0. The maximum absolute atomic E-state index is 12.1. The van der Waals surface area contributed by atoms with Crippen LogP contribution in [0.3, 0.4) is 0 Å². The quantitative estimate of drug-likeness (QED) is 0.641. The van der Waals surface area contributed by atoms with Gasteiger partial charge in [-0.15, -0.1) is 11.3 Å². The molecule has 5 heteroatoms. The van der Waals surface area contributed by atoms with Gasteiger partial charge in [0, 0.05) is 21.3 Å². The molecular formula is C12H7Br2ClOS. The Balaban J connectivity index is 2.20. The van der Waals surface area contributed by atoms with Crippen LogP contribution in [0.2, 0.25) is 5.02 Å². The number of Topliss-reactive ketones (excluding diaryl/α,β-unsaturated/α-hetero) is 1. The smallest absolute Gasteiger partial charge is 0.178 e. The van der Waals surface area contributed by atoms with Crippen molar-refractivity contribution in [3.63, 3.8) is 0 Å². The van der Waals surface area contributed by atoms with Crippen LogP contribution in [0.5, 0.6) is 0 Å². The van der Waals surface area contributed by atoms with E-state index in [1.807, 2.05) is 23.6 Å². The number of thiophene rings is 1. The van der Waals surface area contributed by atoms with Gasteiger partial charge in [-0.1, -0.05) is 23.7 Å². The van der Waals surface area contributed by atoms with Gasteiger partial charge in [-0.05, 0) is 49.6 Å². The average molecular weight is 395 g/mol. The Bertz CT molecular complexity index is 565. The molecule has 1 aromatic carbocycles. The van der Waals surface area contributed by atoms with E-state index in [1.54, 1.807) is 6.07 Å². The van der Waals surface area contributed by atoms with Crippen molar-refractivity contribution in [1.82, 2.24) is 0 Å². The fourth-order valence-electron chi connectivity index (χ4n) is 1.42. The summed E-state index contributed by atoms with van der Waals surface area (Å²) in [6.07, 6.45) is 0.367. The first kappa shape index (κ1) is 13.3. The Morgan fingerprint density at radius 2 is 2.12 bits per heavy atom. The molecule has 0 aliphatic heterocycles. The molecule has 0 N–H and O–H groups in total. The van der Waals surface area contributed by atoms with Gasteiger partial charge in [0.1, 0.15) is 0 Å². The van der Waals surface area contributed by atoms with Gasteiger partial charge in [0.15, 0.2) is 5.78 Å². The molecule has 0 amide bonds. The van der Waals surface area contributed by atoms with Crippen LogP contribution in [0, 0.1) is 0 Å². The van der Waals surface area contributed by atoms with Crippen molar-refractivity contribution in [1.29, 1.82) is 0 Å². The number of carbonyl (C=O) groups is 1. The second-order valence-electron chi connectivity index (χ2n) is 3.46. The molecule has 0 aliphatic rings. The third kappa shape index (κ3) is 3.19. The monoisotopic (exact) mass is 392 g/mol. The number of benzene rings is 1. The van der Waals surface area contributed by atoms with Gasteiger partial charge in [-0.2, -0.15) is 0 Å². The summed E-state index contributed by atoms with van der Waals surface area (Å²) in [5, 5.41) is 2.55. The molecule has 88 valence electrons. The SMILES string of the molecule is O=C(Cc1cccc(Cl)c1)c1scc(Br)c1Br. The van der Waals surface area contributed by atoms with Crippen molar-refractivity contribution < 1.29 is 4.79 Å². The van der Waals surface area contributed by atoms with Crippen molar-refractivity contribution in [2.24, 2.45) is 0 Å². The van der Waals surface area contributed by atoms with Crippen molar-refractivity contribution in [3.8, 4) is 0 Å². The topological polar surface area (TPSA) is 17.1 Å². The minimum atomic E-state index is 0.0924.